The minimum absolute atomic E-state index is 0.0221. The van der Waals surface area contributed by atoms with Gasteiger partial charge >= 0.3 is 18.0 Å². The van der Waals surface area contributed by atoms with Crippen molar-refractivity contribution in [1.29, 1.82) is 0 Å². The zero-order valence-electron chi connectivity index (χ0n) is 40.7. The summed E-state index contributed by atoms with van der Waals surface area (Å²) >= 11 is 0. The van der Waals surface area contributed by atoms with Crippen LogP contribution in [-0.4, -0.2) is 93.1 Å². The molecule has 1 aliphatic heterocycles. The molecule has 368 valence electrons. The van der Waals surface area contributed by atoms with Crippen molar-refractivity contribution in [1.82, 2.24) is 10.2 Å². The van der Waals surface area contributed by atoms with Crippen LogP contribution < -0.4 is 5.32 Å². The Morgan fingerprint density at radius 3 is 1.52 bits per heavy atom. The molecule has 1 fully saturated rings. The first-order chi connectivity index (χ1) is 31.0. The molecule has 0 aromatic heterocycles. The van der Waals surface area contributed by atoms with Gasteiger partial charge in [0.15, 0.2) is 6.10 Å². The molecule has 1 saturated heterocycles. The third-order valence-corrected chi connectivity index (χ3v) is 13.9. The van der Waals surface area contributed by atoms with Crippen LogP contribution in [0.2, 0.25) is 0 Å². The minimum atomic E-state index is -0.768. The Labute approximate surface area is 395 Å². The fraction of sp³-hybridized carbons (Fsp3) is 0.865. The van der Waals surface area contributed by atoms with Gasteiger partial charge in [-0.15, -0.1) is 0 Å². The van der Waals surface area contributed by atoms with E-state index in [9.17, 15) is 14.4 Å². The molecule has 0 spiro atoms. The lowest BCUT2D eigenvalue weighted by Gasteiger charge is -2.19. The lowest BCUT2D eigenvalue weighted by molar-refractivity contribution is -0.158. The van der Waals surface area contributed by atoms with Crippen molar-refractivity contribution >= 4 is 39.6 Å². The van der Waals surface area contributed by atoms with Gasteiger partial charge in [-0.1, -0.05) is 175 Å². The second-order valence-corrected chi connectivity index (χ2v) is 20.2. The quantitative estimate of drug-likeness (QED) is 0.0209. The van der Waals surface area contributed by atoms with Crippen LogP contribution in [0.4, 0.5) is 4.79 Å². The smallest absolute Gasteiger partial charge is 0.407 e. The van der Waals surface area contributed by atoms with Crippen LogP contribution in [0.1, 0.15) is 219 Å². The molecule has 1 N–H and O–H groups in total. The third-order valence-electron chi connectivity index (χ3n) is 11.5. The predicted octanol–water partition coefficient (Wildman–Crippen LogP) is 14.5. The first-order valence-electron chi connectivity index (χ1n) is 26.1. The van der Waals surface area contributed by atoms with Gasteiger partial charge in [-0.05, 0) is 90.1 Å². The van der Waals surface area contributed by atoms with E-state index in [1.807, 2.05) is 0 Å². The SMILES string of the molecule is CCCCCCCC/C=C\CCCCCCCC(=O)OCC(CNC(=O)OCCSSCCOCCN1CCCCCC1)OC(=O)CCCCCCC/C=C\CCCCCCCC. The van der Waals surface area contributed by atoms with Crippen LogP contribution in [0.25, 0.3) is 0 Å². The van der Waals surface area contributed by atoms with Crippen molar-refractivity contribution in [3.05, 3.63) is 24.3 Å². The van der Waals surface area contributed by atoms with Crippen molar-refractivity contribution in [3.63, 3.8) is 0 Å². The predicted molar refractivity (Wildman–Crippen MR) is 270 cm³/mol. The normalized spacial score (nSPS) is 14.0. The topological polar surface area (TPSA) is 103 Å². The highest BCUT2D eigenvalue weighted by Gasteiger charge is 2.19. The standard InChI is InChI=1S/C52H96N2O7S2/c1-3-5-7-9-11-13-15-17-19-21-23-25-27-29-33-37-50(55)60-48-49(61-51(56)38-34-30-28-26-24-22-20-18-16-14-12-10-8-6-4-2)47-53-52(57)59-44-46-63-62-45-43-58-42-41-54-39-35-31-32-36-40-54/h17-20,49H,3-16,21-48H2,1-2H3,(H,53,57)/b19-17-,20-18-. The number of amides is 1. The summed E-state index contributed by atoms with van der Waals surface area (Å²) < 4.78 is 22.4. The monoisotopic (exact) mass is 925 g/mol. The molecule has 9 nitrogen and oxygen atoms in total. The summed E-state index contributed by atoms with van der Waals surface area (Å²) in [5, 5.41) is 2.71. The summed E-state index contributed by atoms with van der Waals surface area (Å²) in [5.41, 5.74) is 0. The highest BCUT2D eigenvalue weighted by molar-refractivity contribution is 8.76. The Morgan fingerprint density at radius 1 is 0.540 bits per heavy atom. The van der Waals surface area contributed by atoms with Gasteiger partial charge in [-0.3, -0.25) is 9.59 Å². The van der Waals surface area contributed by atoms with Gasteiger partial charge in [0.1, 0.15) is 13.2 Å². The Hall–Kier alpha value is -1.69. The van der Waals surface area contributed by atoms with Crippen LogP contribution in [0.3, 0.4) is 0 Å². The van der Waals surface area contributed by atoms with E-state index >= 15 is 0 Å². The second-order valence-electron chi connectivity index (χ2n) is 17.5. The van der Waals surface area contributed by atoms with Crippen LogP contribution in [0.15, 0.2) is 24.3 Å². The highest BCUT2D eigenvalue weighted by Crippen LogP contribution is 2.20. The van der Waals surface area contributed by atoms with E-state index in [-0.39, 0.29) is 31.7 Å². The van der Waals surface area contributed by atoms with E-state index in [1.54, 1.807) is 21.6 Å². The summed E-state index contributed by atoms with van der Waals surface area (Å²) in [5.74, 6) is 0.914. The molecule has 63 heavy (non-hydrogen) atoms. The molecule has 0 aliphatic carbocycles. The van der Waals surface area contributed by atoms with Crippen molar-refractivity contribution in [3.8, 4) is 0 Å². The van der Waals surface area contributed by atoms with Gasteiger partial charge in [-0.2, -0.15) is 0 Å². The van der Waals surface area contributed by atoms with Gasteiger partial charge < -0.3 is 29.2 Å². The lowest BCUT2D eigenvalue weighted by Crippen LogP contribution is -2.38. The molecule has 0 aromatic carbocycles. The molecule has 1 unspecified atom stereocenters. The fourth-order valence-electron chi connectivity index (χ4n) is 7.60. The van der Waals surface area contributed by atoms with Crippen LogP contribution >= 0.6 is 21.6 Å². The number of hydrogen-bond acceptors (Lipinski definition) is 10. The number of alkyl carbamates (subject to hydrolysis) is 1. The number of unbranched alkanes of at least 4 members (excludes halogenated alkanes) is 22. The average molecular weight is 925 g/mol. The van der Waals surface area contributed by atoms with E-state index in [0.717, 1.165) is 76.7 Å². The van der Waals surface area contributed by atoms with E-state index in [2.05, 4.69) is 48.4 Å². The number of carbonyl (C=O) groups excluding carboxylic acids is 3. The number of allylic oxidation sites excluding steroid dienone is 4. The average Bonchev–Trinajstić information content (AvgIpc) is 3.56. The van der Waals surface area contributed by atoms with Gasteiger partial charge in [-0.25, -0.2) is 4.79 Å². The number of nitrogens with one attached hydrogen (secondary N) is 1. The molecule has 1 heterocycles. The lowest BCUT2D eigenvalue weighted by atomic mass is 10.1. The second kappa shape index (κ2) is 48.2. The number of likely N-dealkylation sites (tertiary alicyclic amines) is 1. The highest BCUT2D eigenvalue weighted by atomic mass is 33.1. The number of hydrogen-bond donors (Lipinski definition) is 1. The molecular weight excluding hydrogens is 829 g/mol. The molecule has 0 bridgehead atoms. The van der Waals surface area contributed by atoms with E-state index < -0.39 is 12.2 Å². The number of esters is 2. The summed E-state index contributed by atoms with van der Waals surface area (Å²) in [6.45, 7) is 9.61. The van der Waals surface area contributed by atoms with Gasteiger partial charge in [0.25, 0.3) is 0 Å². The molecular formula is C52H96N2O7S2. The molecule has 0 radical (unpaired) electrons. The molecule has 11 heteroatoms. The Balaban J connectivity index is 2.27. The zero-order chi connectivity index (χ0) is 45.4. The van der Waals surface area contributed by atoms with Crippen molar-refractivity contribution < 1.29 is 33.3 Å². The number of ether oxygens (including phenoxy) is 4. The first kappa shape index (κ1) is 59.3. The number of rotatable bonds is 45. The summed E-state index contributed by atoms with van der Waals surface area (Å²) in [6, 6.07) is 0. The minimum Gasteiger partial charge on any atom is -0.462 e. The number of nitrogens with zero attached hydrogens (tertiary/aromatic N) is 1. The molecule has 0 aromatic rings. The molecule has 1 aliphatic rings. The van der Waals surface area contributed by atoms with Crippen LogP contribution in [0.5, 0.6) is 0 Å². The van der Waals surface area contributed by atoms with Gasteiger partial charge in [0.05, 0.1) is 19.8 Å². The fourth-order valence-corrected chi connectivity index (χ4v) is 9.29. The Morgan fingerprint density at radius 2 is 1.00 bits per heavy atom. The maximum atomic E-state index is 12.8. The maximum Gasteiger partial charge on any atom is 0.407 e. The van der Waals surface area contributed by atoms with E-state index in [4.69, 9.17) is 18.9 Å². The third kappa shape index (κ3) is 43.9. The van der Waals surface area contributed by atoms with E-state index in [1.165, 1.54) is 148 Å². The van der Waals surface area contributed by atoms with Gasteiger partial charge in [0, 0.05) is 30.9 Å². The Kier molecular flexibility index (Phi) is 45.4. The first-order valence-corrected chi connectivity index (χ1v) is 28.6. The molecule has 1 amide bonds. The molecule has 1 atom stereocenters. The summed E-state index contributed by atoms with van der Waals surface area (Å²) in [6.07, 6.45) is 45.0. The molecule has 1 rings (SSSR count). The zero-order valence-corrected chi connectivity index (χ0v) is 42.3. The molecule has 0 saturated carbocycles. The summed E-state index contributed by atoms with van der Waals surface area (Å²) in [4.78, 5) is 40.4. The maximum absolute atomic E-state index is 12.8. The van der Waals surface area contributed by atoms with Crippen LogP contribution in [0, 0.1) is 0 Å². The summed E-state index contributed by atoms with van der Waals surface area (Å²) in [7, 11) is 3.37. The number of carbonyl (C=O) groups is 3. The Bertz CT molecular complexity index is 1090. The van der Waals surface area contributed by atoms with E-state index in [0.29, 0.717) is 25.2 Å². The largest absolute Gasteiger partial charge is 0.462 e. The van der Waals surface area contributed by atoms with Gasteiger partial charge in [0.2, 0.25) is 0 Å². The van der Waals surface area contributed by atoms with Crippen LogP contribution in [-0.2, 0) is 28.5 Å². The van der Waals surface area contributed by atoms with Crippen molar-refractivity contribution in [2.75, 3.05) is 64.1 Å². The van der Waals surface area contributed by atoms with Crippen molar-refractivity contribution in [2.24, 2.45) is 0 Å². The van der Waals surface area contributed by atoms with Crippen molar-refractivity contribution in [2.45, 2.75) is 225 Å².